The average molecular weight is 250 g/mol. The fourth-order valence-electron chi connectivity index (χ4n) is 2.27. The summed E-state index contributed by atoms with van der Waals surface area (Å²) in [7, 11) is 3.08. The van der Waals surface area contributed by atoms with Gasteiger partial charge < -0.3 is 14.4 Å². The molecule has 1 fully saturated rings. The molecule has 0 aliphatic carbocycles. The van der Waals surface area contributed by atoms with Crippen molar-refractivity contribution in [3.8, 4) is 5.75 Å². The third kappa shape index (κ3) is 2.55. The number of hydrogen-bond donors (Lipinski definition) is 0. The SMILES string of the molecule is COC(=O)C1CCN(c2ncccc2OC)CC1. The first-order valence-electron chi connectivity index (χ1n) is 6.08. The summed E-state index contributed by atoms with van der Waals surface area (Å²) >= 11 is 0. The molecule has 0 atom stereocenters. The number of aromatic nitrogens is 1. The molecule has 1 aliphatic heterocycles. The Labute approximate surface area is 107 Å². The van der Waals surface area contributed by atoms with Crippen LogP contribution in [0.5, 0.6) is 5.75 Å². The van der Waals surface area contributed by atoms with E-state index in [9.17, 15) is 4.79 Å². The molecule has 1 aromatic heterocycles. The maximum atomic E-state index is 11.5. The van der Waals surface area contributed by atoms with Crippen LogP contribution in [0.1, 0.15) is 12.8 Å². The van der Waals surface area contributed by atoms with E-state index in [4.69, 9.17) is 9.47 Å². The van der Waals surface area contributed by atoms with Crippen LogP contribution in [0.25, 0.3) is 0 Å². The Morgan fingerprint density at radius 2 is 2.11 bits per heavy atom. The number of anilines is 1. The van der Waals surface area contributed by atoms with Crippen LogP contribution in [0.3, 0.4) is 0 Å². The molecule has 0 bridgehead atoms. The van der Waals surface area contributed by atoms with Gasteiger partial charge in [-0.3, -0.25) is 4.79 Å². The molecule has 0 spiro atoms. The molecule has 5 heteroatoms. The molecule has 1 aromatic rings. The Hall–Kier alpha value is -1.78. The van der Waals surface area contributed by atoms with Gasteiger partial charge in [0.2, 0.25) is 0 Å². The van der Waals surface area contributed by atoms with Gasteiger partial charge >= 0.3 is 5.97 Å². The zero-order chi connectivity index (χ0) is 13.0. The molecule has 18 heavy (non-hydrogen) atoms. The van der Waals surface area contributed by atoms with Crippen LogP contribution in [0.15, 0.2) is 18.3 Å². The zero-order valence-corrected chi connectivity index (χ0v) is 10.8. The van der Waals surface area contributed by atoms with Crippen LogP contribution in [-0.2, 0) is 9.53 Å². The number of carbonyl (C=O) groups is 1. The minimum absolute atomic E-state index is 0.0148. The number of pyridine rings is 1. The maximum absolute atomic E-state index is 11.5. The Kier molecular flexibility index (Phi) is 4.02. The first-order valence-corrected chi connectivity index (χ1v) is 6.08. The van der Waals surface area contributed by atoms with Gasteiger partial charge in [0.25, 0.3) is 0 Å². The molecule has 0 amide bonds. The van der Waals surface area contributed by atoms with Crippen LogP contribution in [0.2, 0.25) is 0 Å². The summed E-state index contributed by atoms with van der Waals surface area (Å²) in [4.78, 5) is 18.0. The van der Waals surface area contributed by atoms with Crippen molar-refractivity contribution < 1.29 is 14.3 Å². The second-order valence-electron chi connectivity index (χ2n) is 4.31. The number of methoxy groups -OCH3 is 2. The fraction of sp³-hybridized carbons (Fsp3) is 0.538. The van der Waals surface area contributed by atoms with Crippen LogP contribution in [0.4, 0.5) is 5.82 Å². The number of hydrogen-bond acceptors (Lipinski definition) is 5. The Bertz CT molecular complexity index is 414. The minimum atomic E-state index is -0.109. The summed E-state index contributed by atoms with van der Waals surface area (Å²) < 4.78 is 10.1. The lowest BCUT2D eigenvalue weighted by molar-refractivity contribution is -0.146. The lowest BCUT2D eigenvalue weighted by Gasteiger charge is -2.32. The predicted octanol–water partition coefficient (Wildman–Crippen LogP) is 1.48. The first-order chi connectivity index (χ1) is 8.76. The van der Waals surface area contributed by atoms with E-state index in [1.165, 1.54) is 7.11 Å². The lowest BCUT2D eigenvalue weighted by atomic mass is 9.97. The van der Waals surface area contributed by atoms with E-state index in [-0.39, 0.29) is 11.9 Å². The van der Waals surface area contributed by atoms with Gasteiger partial charge in [-0.1, -0.05) is 0 Å². The van der Waals surface area contributed by atoms with Gasteiger partial charge in [0.15, 0.2) is 11.6 Å². The number of carbonyl (C=O) groups excluding carboxylic acids is 1. The molecule has 0 aromatic carbocycles. The van der Waals surface area contributed by atoms with Crippen molar-refractivity contribution in [1.82, 2.24) is 4.98 Å². The molecule has 1 saturated heterocycles. The van der Waals surface area contributed by atoms with Crippen molar-refractivity contribution in [3.63, 3.8) is 0 Å². The highest BCUT2D eigenvalue weighted by Gasteiger charge is 2.27. The van der Waals surface area contributed by atoms with Crippen LogP contribution < -0.4 is 9.64 Å². The van der Waals surface area contributed by atoms with Crippen molar-refractivity contribution in [3.05, 3.63) is 18.3 Å². The summed E-state index contributed by atoms with van der Waals surface area (Å²) in [6, 6.07) is 3.75. The lowest BCUT2D eigenvalue weighted by Crippen LogP contribution is -2.37. The van der Waals surface area contributed by atoms with E-state index < -0.39 is 0 Å². The van der Waals surface area contributed by atoms with E-state index in [0.29, 0.717) is 0 Å². The third-order valence-electron chi connectivity index (χ3n) is 3.30. The minimum Gasteiger partial charge on any atom is -0.493 e. The Balaban J connectivity index is 2.03. The molecule has 98 valence electrons. The third-order valence-corrected chi connectivity index (χ3v) is 3.30. The van der Waals surface area contributed by atoms with E-state index in [1.54, 1.807) is 13.3 Å². The standard InChI is InChI=1S/C13H18N2O3/c1-17-11-4-3-7-14-12(11)15-8-5-10(6-9-15)13(16)18-2/h3-4,7,10H,5-6,8-9H2,1-2H3. The molecule has 5 nitrogen and oxygen atoms in total. The topological polar surface area (TPSA) is 51.7 Å². The first kappa shape index (κ1) is 12.7. The molecule has 2 rings (SSSR count). The van der Waals surface area contributed by atoms with Crippen molar-refractivity contribution in [2.24, 2.45) is 5.92 Å². The van der Waals surface area contributed by atoms with Crippen molar-refractivity contribution in [2.75, 3.05) is 32.2 Å². The molecular weight excluding hydrogens is 232 g/mol. The van der Waals surface area contributed by atoms with Crippen molar-refractivity contribution in [1.29, 1.82) is 0 Å². The van der Waals surface area contributed by atoms with Gasteiger partial charge in [0.05, 0.1) is 20.1 Å². The Morgan fingerprint density at radius 3 is 2.72 bits per heavy atom. The second-order valence-corrected chi connectivity index (χ2v) is 4.31. The zero-order valence-electron chi connectivity index (χ0n) is 10.8. The van der Waals surface area contributed by atoms with E-state index in [1.807, 2.05) is 12.1 Å². The van der Waals surface area contributed by atoms with Crippen LogP contribution >= 0.6 is 0 Å². The monoisotopic (exact) mass is 250 g/mol. The highest BCUT2D eigenvalue weighted by molar-refractivity contribution is 5.72. The number of esters is 1. The van der Waals surface area contributed by atoms with Crippen LogP contribution in [-0.4, -0.2) is 38.3 Å². The molecule has 2 heterocycles. The maximum Gasteiger partial charge on any atom is 0.308 e. The fourth-order valence-corrected chi connectivity index (χ4v) is 2.27. The molecule has 0 unspecified atom stereocenters. The molecule has 0 radical (unpaired) electrons. The van der Waals surface area contributed by atoms with Gasteiger partial charge in [0.1, 0.15) is 0 Å². The normalized spacial score (nSPS) is 16.4. The summed E-state index contributed by atoms with van der Waals surface area (Å²) in [6.07, 6.45) is 3.35. The average Bonchev–Trinajstić information content (AvgIpc) is 2.46. The van der Waals surface area contributed by atoms with E-state index >= 15 is 0 Å². The quantitative estimate of drug-likeness (QED) is 0.760. The summed E-state index contributed by atoms with van der Waals surface area (Å²) in [5.74, 6) is 1.53. The number of piperidine rings is 1. The van der Waals surface area contributed by atoms with Gasteiger partial charge in [0, 0.05) is 19.3 Å². The van der Waals surface area contributed by atoms with Gasteiger partial charge in [-0.25, -0.2) is 4.98 Å². The predicted molar refractivity (Wildman–Crippen MR) is 67.7 cm³/mol. The Morgan fingerprint density at radius 1 is 1.39 bits per heavy atom. The number of ether oxygens (including phenoxy) is 2. The van der Waals surface area contributed by atoms with Gasteiger partial charge in [-0.05, 0) is 25.0 Å². The smallest absolute Gasteiger partial charge is 0.308 e. The molecule has 0 saturated carbocycles. The van der Waals surface area contributed by atoms with Crippen LogP contribution in [0, 0.1) is 5.92 Å². The largest absolute Gasteiger partial charge is 0.493 e. The summed E-state index contributed by atoms with van der Waals surface area (Å²) in [5, 5.41) is 0. The molecular formula is C13H18N2O3. The van der Waals surface area contributed by atoms with E-state index in [0.717, 1.165) is 37.5 Å². The summed E-state index contributed by atoms with van der Waals surface area (Å²) in [5.41, 5.74) is 0. The number of nitrogens with zero attached hydrogens (tertiary/aromatic N) is 2. The van der Waals surface area contributed by atoms with E-state index in [2.05, 4.69) is 9.88 Å². The van der Waals surface area contributed by atoms with Crippen molar-refractivity contribution >= 4 is 11.8 Å². The number of rotatable bonds is 3. The molecule has 1 aliphatic rings. The second kappa shape index (κ2) is 5.71. The highest BCUT2D eigenvalue weighted by Crippen LogP contribution is 2.29. The highest BCUT2D eigenvalue weighted by atomic mass is 16.5. The summed E-state index contributed by atoms with van der Waals surface area (Å²) in [6.45, 7) is 1.60. The van der Waals surface area contributed by atoms with Gasteiger partial charge in [-0.2, -0.15) is 0 Å². The van der Waals surface area contributed by atoms with Gasteiger partial charge in [-0.15, -0.1) is 0 Å². The van der Waals surface area contributed by atoms with Crippen molar-refractivity contribution in [2.45, 2.75) is 12.8 Å². The molecule has 0 N–H and O–H groups in total.